The topological polar surface area (TPSA) is 49.3 Å². The van der Waals surface area contributed by atoms with Gasteiger partial charge in [-0.3, -0.25) is 0 Å². The van der Waals surface area contributed by atoms with Gasteiger partial charge in [-0.05, 0) is 54.1 Å². The molecule has 2 atom stereocenters. The minimum Gasteiger partial charge on any atom is -0.478 e. The molecule has 2 N–H and O–H groups in total. The molecule has 0 saturated carbocycles. The molecular formula is C16H17NO2S2. The molecule has 3 rings (SSSR count). The molecule has 1 aliphatic heterocycles. The van der Waals surface area contributed by atoms with E-state index in [1.165, 1.54) is 9.77 Å². The molecule has 21 heavy (non-hydrogen) atoms. The average molecular weight is 319 g/mol. The lowest BCUT2D eigenvalue weighted by atomic mass is 10.0. The Bertz CT molecular complexity index is 681. The molecule has 1 aromatic carbocycles. The molecule has 2 heterocycles. The molecule has 0 aliphatic carbocycles. The predicted molar refractivity (Wildman–Crippen MR) is 88.8 cm³/mol. The number of carbonyl (C=O) groups is 1. The monoisotopic (exact) mass is 319 g/mol. The van der Waals surface area contributed by atoms with Gasteiger partial charge >= 0.3 is 5.97 Å². The molecule has 0 radical (unpaired) electrons. The number of hydrogen-bond acceptors (Lipinski definition) is 4. The summed E-state index contributed by atoms with van der Waals surface area (Å²) in [5, 5.41) is 15.4. The minimum absolute atomic E-state index is 0.303. The number of aromatic carboxylic acids is 1. The maximum Gasteiger partial charge on any atom is 0.335 e. The molecule has 110 valence electrons. The number of carboxylic acid groups (broad SMARTS) is 1. The van der Waals surface area contributed by atoms with E-state index in [4.69, 9.17) is 5.11 Å². The second-order valence-corrected chi connectivity index (χ2v) is 7.98. The van der Waals surface area contributed by atoms with Crippen molar-refractivity contribution >= 4 is 34.8 Å². The van der Waals surface area contributed by atoms with Crippen LogP contribution in [0.25, 0.3) is 0 Å². The Labute approximate surface area is 132 Å². The Morgan fingerprint density at radius 3 is 2.90 bits per heavy atom. The van der Waals surface area contributed by atoms with Crippen molar-refractivity contribution in [2.45, 2.75) is 35.8 Å². The molecule has 3 nitrogen and oxygen atoms in total. The lowest BCUT2D eigenvalue weighted by molar-refractivity contribution is 0.0697. The summed E-state index contributed by atoms with van der Waals surface area (Å²) >= 11 is 3.74. The fraction of sp³-hybridized carbons (Fsp3) is 0.312. The van der Waals surface area contributed by atoms with E-state index < -0.39 is 5.97 Å². The third-order valence-corrected chi connectivity index (χ3v) is 6.06. The van der Waals surface area contributed by atoms with Crippen molar-refractivity contribution < 1.29 is 9.90 Å². The van der Waals surface area contributed by atoms with Crippen LogP contribution in [0.1, 0.15) is 40.9 Å². The molecule has 1 unspecified atom stereocenters. The van der Waals surface area contributed by atoms with Crippen LogP contribution in [0.4, 0.5) is 5.69 Å². The van der Waals surface area contributed by atoms with Gasteiger partial charge in [-0.2, -0.15) is 0 Å². The van der Waals surface area contributed by atoms with Crippen LogP contribution in [0.2, 0.25) is 0 Å². The van der Waals surface area contributed by atoms with E-state index in [1.807, 2.05) is 24.8 Å². The summed E-state index contributed by atoms with van der Waals surface area (Å²) in [6, 6.07) is 7.75. The number of hydrogen-bond donors (Lipinski definition) is 2. The van der Waals surface area contributed by atoms with E-state index >= 15 is 0 Å². The molecule has 1 aromatic heterocycles. The van der Waals surface area contributed by atoms with Crippen LogP contribution >= 0.6 is 23.1 Å². The SMILES string of the molecule is Cc1cc(C(=O)O)ccc1NC1C[C@H](C)Sc2sccc21. The highest BCUT2D eigenvalue weighted by Crippen LogP contribution is 2.45. The second kappa shape index (κ2) is 5.73. The van der Waals surface area contributed by atoms with E-state index in [0.717, 1.165) is 17.7 Å². The fourth-order valence-corrected chi connectivity index (χ4v) is 5.20. The van der Waals surface area contributed by atoms with Gasteiger partial charge in [-0.25, -0.2) is 4.79 Å². The number of rotatable bonds is 3. The average Bonchev–Trinajstić information content (AvgIpc) is 2.88. The van der Waals surface area contributed by atoms with Gasteiger partial charge in [0.25, 0.3) is 0 Å². The lowest BCUT2D eigenvalue weighted by Gasteiger charge is -2.29. The van der Waals surface area contributed by atoms with Crippen LogP contribution in [0.15, 0.2) is 33.9 Å². The van der Waals surface area contributed by atoms with Gasteiger partial charge in [0, 0.05) is 10.9 Å². The van der Waals surface area contributed by atoms with Crippen molar-refractivity contribution in [2.24, 2.45) is 0 Å². The van der Waals surface area contributed by atoms with Crippen molar-refractivity contribution in [3.05, 3.63) is 46.3 Å². The van der Waals surface area contributed by atoms with Crippen LogP contribution in [0.5, 0.6) is 0 Å². The van der Waals surface area contributed by atoms with E-state index in [1.54, 1.807) is 23.5 Å². The normalized spacial score (nSPS) is 20.9. The summed E-state index contributed by atoms with van der Waals surface area (Å²) in [6.45, 7) is 4.20. The van der Waals surface area contributed by atoms with Gasteiger partial charge in [0.05, 0.1) is 15.8 Å². The van der Waals surface area contributed by atoms with Crippen LogP contribution in [0, 0.1) is 6.92 Å². The van der Waals surface area contributed by atoms with Gasteiger partial charge in [-0.15, -0.1) is 23.1 Å². The number of thioether (sulfide) groups is 1. The number of nitrogens with one attached hydrogen (secondary N) is 1. The number of anilines is 1. The summed E-state index contributed by atoms with van der Waals surface area (Å²) in [6.07, 6.45) is 1.08. The van der Waals surface area contributed by atoms with E-state index in [-0.39, 0.29) is 0 Å². The smallest absolute Gasteiger partial charge is 0.335 e. The van der Waals surface area contributed by atoms with Crippen LogP contribution in [-0.2, 0) is 0 Å². The Morgan fingerprint density at radius 2 is 2.19 bits per heavy atom. The van der Waals surface area contributed by atoms with Crippen LogP contribution in [-0.4, -0.2) is 16.3 Å². The standard InChI is InChI=1S/C16H17NO2S2/c1-9-7-11(15(18)19)3-4-13(9)17-14-8-10(2)21-16-12(14)5-6-20-16/h3-7,10,14,17H,8H2,1-2H3,(H,18,19)/t10-,14?/m0/s1. The maximum absolute atomic E-state index is 11.0. The van der Waals surface area contributed by atoms with Crippen molar-refractivity contribution in [1.29, 1.82) is 0 Å². The largest absolute Gasteiger partial charge is 0.478 e. The molecule has 0 spiro atoms. The second-order valence-electron chi connectivity index (χ2n) is 5.36. The third-order valence-electron chi connectivity index (χ3n) is 3.71. The summed E-state index contributed by atoms with van der Waals surface area (Å²) in [4.78, 5) is 11.0. The van der Waals surface area contributed by atoms with Crippen LogP contribution < -0.4 is 5.32 Å². The number of benzene rings is 1. The minimum atomic E-state index is -0.882. The first-order chi connectivity index (χ1) is 10.0. The van der Waals surface area contributed by atoms with Gasteiger partial charge < -0.3 is 10.4 Å². The molecule has 0 fully saturated rings. The molecule has 1 aliphatic rings. The third kappa shape index (κ3) is 2.94. The lowest BCUT2D eigenvalue weighted by Crippen LogP contribution is -2.19. The number of aryl methyl sites for hydroxylation is 1. The van der Waals surface area contributed by atoms with E-state index in [0.29, 0.717) is 16.9 Å². The van der Waals surface area contributed by atoms with Crippen molar-refractivity contribution in [2.75, 3.05) is 5.32 Å². The molecule has 2 aromatic rings. The van der Waals surface area contributed by atoms with Crippen molar-refractivity contribution in [3.63, 3.8) is 0 Å². The summed E-state index contributed by atoms with van der Waals surface area (Å²) in [7, 11) is 0. The highest BCUT2D eigenvalue weighted by atomic mass is 32.2. The summed E-state index contributed by atoms with van der Waals surface area (Å²) in [5.41, 5.74) is 3.69. The zero-order chi connectivity index (χ0) is 15.0. The maximum atomic E-state index is 11.0. The summed E-state index contributed by atoms with van der Waals surface area (Å²) in [5.74, 6) is -0.882. The predicted octanol–water partition coefficient (Wildman–Crippen LogP) is 4.79. The number of carboxylic acids is 1. The number of fused-ring (bicyclic) bond motifs is 1. The zero-order valence-corrected chi connectivity index (χ0v) is 13.6. The molecule has 0 bridgehead atoms. The molecule has 0 saturated heterocycles. The van der Waals surface area contributed by atoms with Crippen molar-refractivity contribution in [3.8, 4) is 0 Å². The molecule has 5 heteroatoms. The Morgan fingerprint density at radius 1 is 1.38 bits per heavy atom. The highest BCUT2D eigenvalue weighted by molar-refractivity contribution is 8.01. The van der Waals surface area contributed by atoms with Gasteiger partial charge in [0.15, 0.2) is 0 Å². The Hall–Kier alpha value is -1.46. The quantitative estimate of drug-likeness (QED) is 0.854. The van der Waals surface area contributed by atoms with Gasteiger partial charge in [0.2, 0.25) is 0 Å². The zero-order valence-electron chi connectivity index (χ0n) is 11.9. The first-order valence-electron chi connectivity index (χ1n) is 6.89. The van der Waals surface area contributed by atoms with Gasteiger partial charge in [-0.1, -0.05) is 6.92 Å². The molecular weight excluding hydrogens is 302 g/mol. The van der Waals surface area contributed by atoms with E-state index in [9.17, 15) is 4.79 Å². The fourth-order valence-electron chi connectivity index (χ4n) is 2.63. The Balaban J connectivity index is 1.86. The first-order valence-corrected chi connectivity index (χ1v) is 8.65. The molecule has 0 amide bonds. The Kier molecular flexibility index (Phi) is 3.95. The number of thiophene rings is 1. The van der Waals surface area contributed by atoms with Crippen molar-refractivity contribution in [1.82, 2.24) is 0 Å². The first kappa shape index (κ1) is 14.5. The highest BCUT2D eigenvalue weighted by Gasteiger charge is 2.26. The van der Waals surface area contributed by atoms with Crippen LogP contribution in [0.3, 0.4) is 0 Å². The summed E-state index contributed by atoms with van der Waals surface area (Å²) < 4.78 is 1.39. The van der Waals surface area contributed by atoms with E-state index in [2.05, 4.69) is 23.7 Å². The van der Waals surface area contributed by atoms with Gasteiger partial charge in [0.1, 0.15) is 0 Å².